The van der Waals surface area contributed by atoms with Crippen LogP contribution in [0.15, 0.2) is 41.6 Å². The fourth-order valence-corrected chi connectivity index (χ4v) is 2.88. The number of halogens is 1. The van der Waals surface area contributed by atoms with Crippen LogP contribution in [0.2, 0.25) is 5.15 Å². The first kappa shape index (κ1) is 13.4. The van der Waals surface area contributed by atoms with Gasteiger partial charge in [-0.05, 0) is 18.1 Å². The second-order valence-electron chi connectivity index (χ2n) is 4.32. The molecule has 0 N–H and O–H groups in total. The van der Waals surface area contributed by atoms with Crippen molar-refractivity contribution in [3.63, 3.8) is 0 Å². The molecule has 0 radical (unpaired) electrons. The van der Waals surface area contributed by atoms with Gasteiger partial charge in [-0.2, -0.15) is 9.61 Å². The van der Waals surface area contributed by atoms with Crippen molar-refractivity contribution in [1.82, 2.24) is 19.8 Å². The second-order valence-corrected chi connectivity index (χ2v) is 5.74. The summed E-state index contributed by atoms with van der Waals surface area (Å²) < 4.78 is 1.70. The van der Waals surface area contributed by atoms with Gasteiger partial charge in [0.2, 0.25) is 5.16 Å². The summed E-state index contributed by atoms with van der Waals surface area (Å²) in [6.45, 7) is 2.13. The SMILES string of the molecule is CCCSc1nnc2cc(-c3ccccc3)c(Cl)nn12. The van der Waals surface area contributed by atoms with Crippen LogP contribution < -0.4 is 0 Å². The van der Waals surface area contributed by atoms with Gasteiger partial charge in [0.15, 0.2) is 10.8 Å². The van der Waals surface area contributed by atoms with E-state index in [0.717, 1.165) is 28.5 Å². The maximum absolute atomic E-state index is 6.30. The summed E-state index contributed by atoms with van der Waals surface area (Å²) in [5.74, 6) is 0.987. The van der Waals surface area contributed by atoms with Crippen molar-refractivity contribution in [2.75, 3.05) is 5.75 Å². The summed E-state index contributed by atoms with van der Waals surface area (Å²) in [7, 11) is 0. The number of aromatic nitrogens is 4. The van der Waals surface area contributed by atoms with Crippen molar-refractivity contribution in [1.29, 1.82) is 0 Å². The standard InChI is InChI=1S/C14H13ClN4S/c1-2-8-20-14-17-16-12-9-11(13(15)18-19(12)14)10-6-4-3-5-7-10/h3-7,9H,2,8H2,1H3. The highest BCUT2D eigenvalue weighted by Crippen LogP contribution is 2.28. The monoisotopic (exact) mass is 304 g/mol. The highest BCUT2D eigenvalue weighted by molar-refractivity contribution is 7.99. The molecule has 4 nitrogen and oxygen atoms in total. The van der Waals surface area contributed by atoms with Crippen molar-refractivity contribution in [3.8, 4) is 11.1 Å². The average Bonchev–Trinajstić information content (AvgIpc) is 2.87. The summed E-state index contributed by atoms with van der Waals surface area (Å²) in [6, 6.07) is 11.9. The zero-order valence-corrected chi connectivity index (χ0v) is 12.5. The molecule has 6 heteroatoms. The van der Waals surface area contributed by atoms with E-state index in [4.69, 9.17) is 11.6 Å². The lowest BCUT2D eigenvalue weighted by Gasteiger charge is -2.05. The number of benzene rings is 1. The highest BCUT2D eigenvalue weighted by Gasteiger charge is 2.12. The van der Waals surface area contributed by atoms with Crippen LogP contribution >= 0.6 is 23.4 Å². The van der Waals surface area contributed by atoms with Crippen LogP contribution in [-0.2, 0) is 0 Å². The van der Waals surface area contributed by atoms with Gasteiger partial charge in [0.25, 0.3) is 0 Å². The summed E-state index contributed by atoms with van der Waals surface area (Å²) in [4.78, 5) is 0. The maximum Gasteiger partial charge on any atom is 0.212 e. The van der Waals surface area contributed by atoms with E-state index >= 15 is 0 Å². The Morgan fingerprint density at radius 1 is 1.20 bits per heavy atom. The first-order chi connectivity index (χ1) is 9.79. The van der Waals surface area contributed by atoms with Crippen LogP contribution in [0.3, 0.4) is 0 Å². The third kappa shape index (κ3) is 2.51. The van der Waals surface area contributed by atoms with Crippen molar-refractivity contribution < 1.29 is 0 Å². The van der Waals surface area contributed by atoms with Crippen LogP contribution in [0, 0.1) is 0 Å². The van der Waals surface area contributed by atoms with E-state index < -0.39 is 0 Å². The van der Waals surface area contributed by atoms with E-state index in [2.05, 4.69) is 22.2 Å². The molecule has 0 aliphatic carbocycles. The maximum atomic E-state index is 6.30. The molecule has 0 spiro atoms. The fourth-order valence-electron chi connectivity index (χ4n) is 1.89. The number of rotatable bonds is 4. The lowest BCUT2D eigenvalue weighted by Crippen LogP contribution is -1.96. The Morgan fingerprint density at radius 3 is 2.75 bits per heavy atom. The van der Waals surface area contributed by atoms with Crippen LogP contribution in [0.5, 0.6) is 0 Å². The molecular formula is C14H13ClN4S. The van der Waals surface area contributed by atoms with Gasteiger partial charge in [-0.25, -0.2) is 0 Å². The minimum Gasteiger partial charge on any atom is -0.186 e. The van der Waals surface area contributed by atoms with Gasteiger partial charge < -0.3 is 0 Å². The van der Waals surface area contributed by atoms with E-state index in [9.17, 15) is 0 Å². The number of thioether (sulfide) groups is 1. The first-order valence-electron chi connectivity index (χ1n) is 6.39. The number of nitrogens with zero attached hydrogens (tertiary/aromatic N) is 4. The van der Waals surface area contributed by atoms with Crippen LogP contribution in [0.4, 0.5) is 0 Å². The summed E-state index contributed by atoms with van der Waals surface area (Å²) >= 11 is 7.94. The molecule has 0 unspecified atom stereocenters. The minimum atomic E-state index is 0.460. The van der Waals surface area contributed by atoms with E-state index in [1.165, 1.54) is 0 Å². The fraction of sp³-hybridized carbons (Fsp3) is 0.214. The van der Waals surface area contributed by atoms with Gasteiger partial charge in [-0.15, -0.1) is 10.2 Å². The van der Waals surface area contributed by atoms with E-state index in [1.54, 1.807) is 16.3 Å². The molecule has 0 aliphatic heterocycles. The zero-order valence-electron chi connectivity index (χ0n) is 11.0. The van der Waals surface area contributed by atoms with Crippen molar-refractivity contribution in [2.45, 2.75) is 18.5 Å². The number of hydrogen-bond donors (Lipinski definition) is 0. The summed E-state index contributed by atoms with van der Waals surface area (Å²) in [5, 5.41) is 14.0. The Bertz CT molecular complexity index is 727. The molecule has 2 heterocycles. The number of hydrogen-bond acceptors (Lipinski definition) is 4. The van der Waals surface area contributed by atoms with Gasteiger partial charge in [0, 0.05) is 11.3 Å². The van der Waals surface area contributed by atoms with Gasteiger partial charge in [0.05, 0.1) is 0 Å². The predicted molar refractivity (Wildman–Crippen MR) is 82.2 cm³/mol. The largest absolute Gasteiger partial charge is 0.212 e. The average molecular weight is 305 g/mol. The van der Waals surface area contributed by atoms with Crippen LogP contribution in [0.1, 0.15) is 13.3 Å². The Kier molecular flexibility index (Phi) is 3.89. The molecule has 0 atom stereocenters. The minimum absolute atomic E-state index is 0.460. The molecule has 0 aliphatic rings. The van der Waals surface area contributed by atoms with Gasteiger partial charge in [-0.3, -0.25) is 0 Å². The lowest BCUT2D eigenvalue weighted by molar-refractivity contribution is 0.809. The molecule has 20 heavy (non-hydrogen) atoms. The molecule has 0 saturated heterocycles. The molecule has 0 bridgehead atoms. The molecule has 0 fully saturated rings. The number of fused-ring (bicyclic) bond motifs is 1. The molecule has 1 aromatic carbocycles. The molecule has 3 rings (SSSR count). The van der Waals surface area contributed by atoms with E-state index in [0.29, 0.717) is 10.8 Å². The summed E-state index contributed by atoms with van der Waals surface area (Å²) in [5.41, 5.74) is 2.62. The second kappa shape index (κ2) is 5.81. The quantitative estimate of drug-likeness (QED) is 0.685. The molecule has 3 aromatic rings. The Labute approximate surface area is 126 Å². The lowest BCUT2D eigenvalue weighted by atomic mass is 10.1. The molecule has 102 valence electrons. The highest BCUT2D eigenvalue weighted by atomic mass is 35.5. The van der Waals surface area contributed by atoms with Crippen molar-refractivity contribution in [2.24, 2.45) is 0 Å². The summed E-state index contributed by atoms with van der Waals surface area (Å²) in [6.07, 6.45) is 1.08. The van der Waals surface area contributed by atoms with Crippen molar-refractivity contribution in [3.05, 3.63) is 41.6 Å². The molecular weight excluding hydrogens is 292 g/mol. The first-order valence-corrected chi connectivity index (χ1v) is 7.76. The molecule has 0 saturated carbocycles. The van der Waals surface area contributed by atoms with Crippen molar-refractivity contribution >= 4 is 29.0 Å². The normalized spacial score (nSPS) is 11.1. The Morgan fingerprint density at radius 2 is 2.00 bits per heavy atom. The third-order valence-electron chi connectivity index (χ3n) is 2.84. The van der Waals surface area contributed by atoms with Crippen LogP contribution in [0.25, 0.3) is 16.8 Å². The Balaban J connectivity index is 2.07. The molecule has 0 amide bonds. The van der Waals surface area contributed by atoms with E-state index in [-0.39, 0.29) is 0 Å². The van der Waals surface area contributed by atoms with Gasteiger partial charge in [-0.1, -0.05) is 60.6 Å². The van der Waals surface area contributed by atoms with Gasteiger partial charge in [0.1, 0.15) is 0 Å². The third-order valence-corrected chi connectivity index (χ3v) is 4.24. The zero-order chi connectivity index (χ0) is 13.9. The predicted octanol–water partition coefficient (Wildman–Crippen LogP) is 3.95. The van der Waals surface area contributed by atoms with Crippen LogP contribution in [-0.4, -0.2) is 25.6 Å². The van der Waals surface area contributed by atoms with Gasteiger partial charge >= 0.3 is 0 Å². The smallest absolute Gasteiger partial charge is 0.186 e. The Hall–Kier alpha value is -1.59. The topological polar surface area (TPSA) is 43.1 Å². The van der Waals surface area contributed by atoms with E-state index in [1.807, 2.05) is 36.4 Å². The molecule has 2 aromatic heterocycles.